The van der Waals surface area contributed by atoms with Gasteiger partial charge in [-0.25, -0.2) is 13.1 Å². The summed E-state index contributed by atoms with van der Waals surface area (Å²) in [5.74, 6) is 1.35. The van der Waals surface area contributed by atoms with Crippen molar-refractivity contribution >= 4 is 33.2 Å². The number of amides is 1. The molecule has 2 fully saturated rings. The van der Waals surface area contributed by atoms with Gasteiger partial charge in [0.15, 0.2) is 0 Å². The van der Waals surface area contributed by atoms with E-state index < -0.39 is 21.2 Å². The van der Waals surface area contributed by atoms with Gasteiger partial charge in [-0.3, -0.25) is 4.79 Å². The number of benzene rings is 2. The zero-order valence-electron chi connectivity index (χ0n) is 26.0. The number of sulfonamides is 1. The molecule has 0 radical (unpaired) electrons. The van der Waals surface area contributed by atoms with Gasteiger partial charge in [-0.15, -0.1) is 0 Å². The third-order valence-corrected chi connectivity index (χ3v) is 12.6. The maximum atomic E-state index is 13.7. The summed E-state index contributed by atoms with van der Waals surface area (Å²) in [7, 11) is -2.12. The largest absolute Gasteiger partial charge is 0.487 e. The average molecular weight is 641 g/mol. The van der Waals surface area contributed by atoms with Crippen LogP contribution in [0.15, 0.2) is 48.6 Å². The van der Waals surface area contributed by atoms with Gasteiger partial charge in [0.1, 0.15) is 12.4 Å². The molecule has 6 atom stereocenters. The summed E-state index contributed by atoms with van der Waals surface area (Å²) in [4.78, 5) is 16.0. The van der Waals surface area contributed by atoms with Crippen LogP contribution in [-0.2, 0) is 27.8 Å². The summed E-state index contributed by atoms with van der Waals surface area (Å²) in [5.41, 5.74) is 3.44. The Bertz CT molecular complexity index is 1510. The van der Waals surface area contributed by atoms with E-state index in [0.717, 1.165) is 67.9 Å². The number of allylic oxidation sites excluding steroid dienone is 1. The molecule has 2 aliphatic heterocycles. The molecule has 9 heteroatoms. The van der Waals surface area contributed by atoms with E-state index >= 15 is 0 Å². The molecule has 2 aromatic carbocycles. The average Bonchev–Trinajstić information content (AvgIpc) is 3.81. The summed E-state index contributed by atoms with van der Waals surface area (Å²) in [6, 6.07) is 11.3. The second-order valence-corrected chi connectivity index (χ2v) is 15.7. The summed E-state index contributed by atoms with van der Waals surface area (Å²) < 4.78 is 42.4. The Morgan fingerprint density at radius 1 is 1.02 bits per heavy atom. The van der Waals surface area contributed by atoms with Crippen molar-refractivity contribution in [2.75, 3.05) is 25.1 Å². The first-order valence-electron chi connectivity index (χ1n) is 16.2. The molecule has 0 aromatic heterocycles. The molecule has 2 aromatic rings. The number of methoxy groups -OCH3 is 1. The van der Waals surface area contributed by atoms with Crippen LogP contribution in [-0.4, -0.2) is 45.9 Å². The number of carbonyl (C=O) groups is 1. The summed E-state index contributed by atoms with van der Waals surface area (Å²) in [6.07, 6.45) is 10.5. The Kier molecular flexibility index (Phi) is 9.32. The smallest absolute Gasteiger partial charge is 0.264 e. The molecule has 0 spiro atoms. The van der Waals surface area contributed by atoms with E-state index in [9.17, 15) is 13.2 Å². The van der Waals surface area contributed by atoms with Crippen molar-refractivity contribution in [1.29, 1.82) is 0 Å². The number of hydrogen-bond acceptors (Lipinski definition) is 6. The number of nitrogens with one attached hydrogen (secondary N) is 1. The highest BCUT2D eigenvalue weighted by molar-refractivity contribution is 7.90. The molecule has 1 N–H and O–H groups in total. The van der Waals surface area contributed by atoms with E-state index in [-0.39, 0.29) is 17.9 Å². The molecule has 0 unspecified atom stereocenters. The lowest BCUT2D eigenvalue weighted by molar-refractivity contribution is -0.0227. The Hall–Kier alpha value is -2.55. The molecule has 6 rings (SSSR count). The Morgan fingerprint density at radius 3 is 2.59 bits per heavy atom. The van der Waals surface area contributed by atoms with Gasteiger partial charge in [0.2, 0.25) is 10.0 Å². The van der Waals surface area contributed by atoms with Gasteiger partial charge < -0.3 is 14.4 Å². The number of aryl methyl sites for hydroxylation is 1. The lowest BCUT2D eigenvalue weighted by Gasteiger charge is -2.48. The van der Waals surface area contributed by atoms with E-state index in [1.54, 1.807) is 13.2 Å². The molecule has 2 bridgehead atoms. The van der Waals surface area contributed by atoms with Gasteiger partial charge in [-0.1, -0.05) is 43.7 Å². The minimum atomic E-state index is -3.89. The van der Waals surface area contributed by atoms with E-state index in [1.807, 2.05) is 37.3 Å². The molecule has 2 saturated carbocycles. The number of halogens is 1. The number of ether oxygens (including phenoxy) is 2. The maximum Gasteiger partial charge on any atom is 0.264 e. The number of fused-ring (bicyclic) bond motifs is 3. The van der Waals surface area contributed by atoms with Crippen LogP contribution in [0.2, 0.25) is 5.02 Å². The lowest BCUT2D eigenvalue weighted by atomic mass is 9.63. The monoisotopic (exact) mass is 640 g/mol. The van der Waals surface area contributed by atoms with Crippen molar-refractivity contribution in [2.24, 2.45) is 29.6 Å². The SMILES string of the molecule is CO[C@H]1/C=C/C[C@@H](C)[C@H](C2CC2)S(=O)(=O)NC(=O)c2ccc3c(c2)N(CCCCc2cc(Cl)ccc2CO3)C[C@H]2[C@H]1C[C@H]2C. The van der Waals surface area contributed by atoms with Gasteiger partial charge >= 0.3 is 0 Å². The molecule has 238 valence electrons. The summed E-state index contributed by atoms with van der Waals surface area (Å²) in [5, 5.41) is 0.107. The first kappa shape index (κ1) is 31.4. The van der Waals surface area contributed by atoms with E-state index in [0.29, 0.717) is 42.1 Å². The summed E-state index contributed by atoms with van der Waals surface area (Å²) >= 11 is 6.35. The maximum absolute atomic E-state index is 13.7. The second-order valence-electron chi connectivity index (χ2n) is 13.4. The number of nitrogens with zero attached hydrogens (tertiary/aromatic N) is 1. The molecular weight excluding hydrogens is 596 g/mol. The zero-order chi connectivity index (χ0) is 31.0. The Balaban J connectivity index is 1.40. The second kappa shape index (κ2) is 13.1. The molecule has 2 heterocycles. The topological polar surface area (TPSA) is 84.9 Å². The van der Waals surface area contributed by atoms with E-state index in [1.165, 1.54) is 5.56 Å². The van der Waals surface area contributed by atoms with Crippen molar-refractivity contribution in [3.05, 3.63) is 70.3 Å². The molecule has 0 saturated heterocycles. The highest BCUT2D eigenvalue weighted by Crippen LogP contribution is 2.46. The fraction of sp³-hybridized carbons (Fsp3) is 0.571. The number of hydrogen-bond donors (Lipinski definition) is 1. The Labute approximate surface area is 267 Å². The van der Waals surface area contributed by atoms with Crippen molar-refractivity contribution in [3.63, 3.8) is 0 Å². The third kappa shape index (κ3) is 6.68. The minimum Gasteiger partial charge on any atom is -0.487 e. The first-order chi connectivity index (χ1) is 21.1. The van der Waals surface area contributed by atoms with Crippen LogP contribution in [0.5, 0.6) is 5.75 Å². The molecular formula is C35H45ClN2O5S. The van der Waals surface area contributed by atoms with Crippen LogP contribution in [0.25, 0.3) is 0 Å². The number of carbonyl (C=O) groups excluding carboxylic acids is 1. The first-order valence-corrected chi connectivity index (χ1v) is 18.1. The fourth-order valence-electron chi connectivity index (χ4n) is 7.69. The molecule has 4 aliphatic rings. The van der Waals surface area contributed by atoms with E-state index in [2.05, 4.69) is 28.7 Å². The van der Waals surface area contributed by atoms with Gasteiger partial charge in [0.25, 0.3) is 5.91 Å². The van der Waals surface area contributed by atoms with Crippen LogP contribution >= 0.6 is 11.6 Å². The summed E-state index contributed by atoms with van der Waals surface area (Å²) in [6.45, 7) is 6.28. The van der Waals surface area contributed by atoms with Crippen LogP contribution in [0, 0.1) is 29.6 Å². The highest BCUT2D eigenvalue weighted by Gasteiger charge is 2.45. The fourth-order valence-corrected chi connectivity index (χ4v) is 9.90. The van der Waals surface area contributed by atoms with Gasteiger partial charge in [0.05, 0.1) is 17.0 Å². The molecule has 7 nitrogen and oxygen atoms in total. The van der Waals surface area contributed by atoms with Crippen LogP contribution in [0.3, 0.4) is 0 Å². The zero-order valence-corrected chi connectivity index (χ0v) is 27.6. The normalized spacial score (nSPS) is 31.6. The molecule has 44 heavy (non-hydrogen) atoms. The van der Waals surface area contributed by atoms with Crippen LogP contribution in [0.4, 0.5) is 5.69 Å². The Morgan fingerprint density at radius 2 is 1.84 bits per heavy atom. The van der Waals surface area contributed by atoms with Gasteiger partial charge in [-0.05, 0) is 116 Å². The quantitative estimate of drug-likeness (QED) is 0.364. The number of rotatable bonds is 2. The highest BCUT2D eigenvalue weighted by atomic mass is 35.5. The van der Waals surface area contributed by atoms with Gasteiger partial charge in [0, 0.05) is 30.8 Å². The van der Waals surface area contributed by atoms with Crippen LogP contribution in [0.1, 0.15) is 73.9 Å². The standard InChI is InChI=1S/C35H45ClN2O5S/c1-22-7-6-9-32(42-3)29-17-23(2)30(29)20-38-16-5-4-8-25-18-28(36)14-12-27(25)21-43-33-15-13-26(19-31(33)38)35(39)37-44(40,41)34(22)24-10-11-24/h6,9,12-15,18-19,22-24,29-30,32,34H,4-5,7-8,10-11,16-17,20-21H2,1-3H3,(H,37,39)/b9-6+/t22-,23-,29-,30-,32+,34-/m1/s1. The molecule has 1 amide bonds. The minimum absolute atomic E-state index is 0.0303. The molecule has 2 aliphatic carbocycles. The predicted octanol–water partition coefficient (Wildman–Crippen LogP) is 6.78. The van der Waals surface area contributed by atoms with Crippen molar-refractivity contribution in [1.82, 2.24) is 4.72 Å². The number of anilines is 1. The van der Waals surface area contributed by atoms with Crippen molar-refractivity contribution < 1.29 is 22.7 Å². The van der Waals surface area contributed by atoms with Crippen molar-refractivity contribution in [2.45, 2.75) is 76.8 Å². The van der Waals surface area contributed by atoms with Gasteiger partial charge in [-0.2, -0.15) is 0 Å². The predicted molar refractivity (Wildman–Crippen MR) is 175 cm³/mol. The van der Waals surface area contributed by atoms with Crippen molar-refractivity contribution in [3.8, 4) is 5.75 Å². The third-order valence-electron chi connectivity index (χ3n) is 10.4. The van der Waals surface area contributed by atoms with Crippen LogP contribution < -0.4 is 14.4 Å². The van der Waals surface area contributed by atoms with E-state index in [4.69, 9.17) is 21.1 Å². The lowest BCUT2D eigenvalue weighted by Crippen LogP contribution is -2.49.